The number of amides is 3. The summed E-state index contributed by atoms with van der Waals surface area (Å²) in [6.07, 6.45) is 0.110. The number of urea groups is 1. The van der Waals surface area contributed by atoms with Crippen molar-refractivity contribution in [1.82, 2.24) is 9.80 Å². The summed E-state index contributed by atoms with van der Waals surface area (Å²) in [6.45, 7) is 0. The first-order valence-corrected chi connectivity index (χ1v) is 5.51. The second-order valence-electron chi connectivity index (χ2n) is 3.98. The van der Waals surface area contributed by atoms with Gasteiger partial charge in [0.15, 0.2) is 0 Å². The van der Waals surface area contributed by atoms with E-state index in [1.54, 1.807) is 7.05 Å². The molecule has 0 radical (unpaired) electrons. The fraction of sp³-hybridized carbons (Fsp3) is 0.250. The molecule has 18 heavy (non-hydrogen) atoms. The Bertz CT molecular complexity index is 498. The molecule has 0 aromatic heterocycles. The standard InChI is InChI=1S/C12H14N4O2/c1-15-10(8-11(17)16(2)12(15)18)14-13-9-6-4-3-5-7-9/h3-7,13H,8H2,1-2H3. The first-order valence-electron chi connectivity index (χ1n) is 5.51. The largest absolute Gasteiger partial charge is 0.331 e. The lowest BCUT2D eigenvalue weighted by atomic mass is 10.3. The maximum atomic E-state index is 11.7. The number of anilines is 1. The number of para-hydroxylation sites is 1. The highest BCUT2D eigenvalue weighted by Crippen LogP contribution is 2.11. The number of imide groups is 1. The SMILES string of the molecule is CN1C(=O)CC(=NNc2ccccc2)N(C)C1=O. The Morgan fingerprint density at radius 2 is 1.78 bits per heavy atom. The van der Waals surface area contributed by atoms with Gasteiger partial charge in [-0.05, 0) is 12.1 Å². The number of hydrogen-bond donors (Lipinski definition) is 1. The summed E-state index contributed by atoms with van der Waals surface area (Å²) in [6, 6.07) is 8.96. The molecule has 2 rings (SSSR count). The van der Waals surface area contributed by atoms with Crippen molar-refractivity contribution in [2.24, 2.45) is 5.10 Å². The van der Waals surface area contributed by atoms with E-state index in [2.05, 4.69) is 10.5 Å². The van der Waals surface area contributed by atoms with Crippen molar-refractivity contribution in [1.29, 1.82) is 0 Å². The maximum Gasteiger partial charge on any atom is 0.331 e. The topological polar surface area (TPSA) is 65.0 Å². The minimum Gasteiger partial charge on any atom is -0.283 e. The molecule has 3 amide bonds. The minimum atomic E-state index is -0.375. The second-order valence-corrected chi connectivity index (χ2v) is 3.98. The Kier molecular flexibility index (Phi) is 3.27. The van der Waals surface area contributed by atoms with Gasteiger partial charge >= 0.3 is 6.03 Å². The lowest BCUT2D eigenvalue weighted by Gasteiger charge is -2.29. The average molecular weight is 246 g/mol. The van der Waals surface area contributed by atoms with Gasteiger partial charge in [-0.15, -0.1) is 0 Å². The summed E-state index contributed by atoms with van der Waals surface area (Å²) in [5.74, 6) is 0.152. The molecule has 1 aliphatic rings. The maximum absolute atomic E-state index is 11.7. The predicted octanol–water partition coefficient (Wildman–Crippen LogP) is 1.33. The predicted molar refractivity (Wildman–Crippen MR) is 68.0 cm³/mol. The van der Waals surface area contributed by atoms with E-state index in [0.29, 0.717) is 5.84 Å². The Balaban J connectivity index is 2.13. The number of benzene rings is 1. The Hall–Kier alpha value is -2.37. The van der Waals surface area contributed by atoms with E-state index in [1.165, 1.54) is 11.9 Å². The number of carbonyl (C=O) groups is 2. The highest BCUT2D eigenvalue weighted by molar-refractivity contribution is 6.15. The molecular weight excluding hydrogens is 232 g/mol. The van der Waals surface area contributed by atoms with Crippen LogP contribution in [0.15, 0.2) is 35.4 Å². The lowest BCUT2D eigenvalue weighted by molar-refractivity contribution is -0.127. The molecule has 1 aromatic rings. The zero-order valence-electron chi connectivity index (χ0n) is 10.3. The number of nitrogens with one attached hydrogen (secondary N) is 1. The second kappa shape index (κ2) is 4.87. The number of hydrazone groups is 1. The van der Waals surface area contributed by atoms with Crippen molar-refractivity contribution in [3.8, 4) is 0 Å². The van der Waals surface area contributed by atoms with E-state index in [4.69, 9.17) is 0 Å². The Labute approximate surface area is 105 Å². The van der Waals surface area contributed by atoms with Crippen LogP contribution in [0, 0.1) is 0 Å². The van der Waals surface area contributed by atoms with Gasteiger partial charge in [0.2, 0.25) is 5.91 Å². The lowest BCUT2D eigenvalue weighted by Crippen LogP contribution is -2.51. The third-order valence-electron chi connectivity index (χ3n) is 2.73. The highest BCUT2D eigenvalue weighted by atomic mass is 16.2. The summed E-state index contributed by atoms with van der Waals surface area (Å²) >= 11 is 0. The van der Waals surface area contributed by atoms with Gasteiger partial charge in [0.1, 0.15) is 5.84 Å². The van der Waals surface area contributed by atoms with E-state index >= 15 is 0 Å². The van der Waals surface area contributed by atoms with Crippen LogP contribution < -0.4 is 5.43 Å². The smallest absolute Gasteiger partial charge is 0.283 e. The van der Waals surface area contributed by atoms with Crippen molar-refractivity contribution >= 4 is 23.5 Å². The zero-order valence-corrected chi connectivity index (χ0v) is 10.3. The normalized spacial score (nSPS) is 18.4. The van der Waals surface area contributed by atoms with Gasteiger partial charge in [0.25, 0.3) is 0 Å². The summed E-state index contributed by atoms with van der Waals surface area (Å²) in [4.78, 5) is 25.7. The molecule has 0 aliphatic carbocycles. The van der Waals surface area contributed by atoms with Crippen molar-refractivity contribution in [2.75, 3.05) is 19.5 Å². The molecule has 0 saturated carbocycles. The van der Waals surface area contributed by atoms with Crippen molar-refractivity contribution < 1.29 is 9.59 Å². The molecule has 1 saturated heterocycles. The third-order valence-corrected chi connectivity index (χ3v) is 2.73. The van der Waals surface area contributed by atoms with Crippen LogP contribution in [0.5, 0.6) is 0 Å². The summed E-state index contributed by atoms with van der Waals surface area (Å²) in [7, 11) is 3.05. The number of carbonyl (C=O) groups excluding carboxylic acids is 2. The van der Waals surface area contributed by atoms with Crippen LogP contribution in [0.3, 0.4) is 0 Å². The van der Waals surface area contributed by atoms with Crippen LogP contribution in [0.25, 0.3) is 0 Å². The Morgan fingerprint density at radius 3 is 2.44 bits per heavy atom. The van der Waals surface area contributed by atoms with Crippen LogP contribution in [0.4, 0.5) is 10.5 Å². The summed E-state index contributed by atoms with van der Waals surface area (Å²) in [5.41, 5.74) is 3.63. The molecule has 0 bridgehead atoms. The first-order chi connectivity index (χ1) is 8.59. The van der Waals surface area contributed by atoms with Crippen molar-refractivity contribution in [3.05, 3.63) is 30.3 Å². The molecule has 1 heterocycles. The molecule has 1 N–H and O–H groups in total. The zero-order chi connectivity index (χ0) is 13.1. The summed E-state index contributed by atoms with van der Waals surface area (Å²) in [5, 5.41) is 4.09. The number of rotatable bonds is 2. The number of hydrogen-bond acceptors (Lipinski definition) is 4. The minimum absolute atomic E-state index is 0.110. The van der Waals surface area contributed by atoms with Gasteiger partial charge in [-0.25, -0.2) is 4.79 Å². The molecule has 1 aromatic carbocycles. The molecule has 0 unspecified atom stereocenters. The van der Waals surface area contributed by atoms with Gasteiger partial charge in [0, 0.05) is 14.1 Å². The van der Waals surface area contributed by atoms with Gasteiger partial charge < -0.3 is 0 Å². The molecule has 1 aliphatic heterocycles. The van der Waals surface area contributed by atoms with Crippen molar-refractivity contribution in [3.63, 3.8) is 0 Å². The highest BCUT2D eigenvalue weighted by Gasteiger charge is 2.31. The molecular formula is C12H14N4O2. The van der Waals surface area contributed by atoms with Crippen LogP contribution >= 0.6 is 0 Å². The van der Waals surface area contributed by atoms with E-state index in [0.717, 1.165) is 10.6 Å². The molecule has 0 spiro atoms. The Morgan fingerprint density at radius 1 is 1.11 bits per heavy atom. The van der Waals surface area contributed by atoms with Crippen LogP contribution in [0.1, 0.15) is 6.42 Å². The quantitative estimate of drug-likeness (QED) is 0.800. The van der Waals surface area contributed by atoms with E-state index in [1.807, 2.05) is 30.3 Å². The molecule has 0 atom stereocenters. The van der Waals surface area contributed by atoms with Gasteiger partial charge in [-0.3, -0.25) is 20.0 Å². The van der Waals surface area contributed by atoms with Crippen LogP contribution in [-0.4, -0.2) is 41.7 Å². The summed E-state index contributed by atoms with van der Waals surface area (Å²) < 4.78 is 0. The number of nitrogens with zero attached hydrogens (tertiary/aromatic N) is 3. The molecule has 94 valence electrons. The molecule has 1 fully saturated rings. The molecule has 6 nitrogen and oxygen atoms in total. The monoisotopic (exact) mass is 246 g/mol. The van der Waals surface area contributed by atoms with Gasteiger partial charge in [-0.1, -0.05) is 18.2 Å². The van der Waals surface area contributed by atoms with Gasteiger partial charge in [-0.2, -0.15) is 5.10 Å². The van der Waals surface area contributed by atoms with E-state index < -0.39 is 0 Å². The number of amidine groups is 1. The van der Waals surface area contributed by atoms with Crippen molar-refractivity contribution in [2.45, 2.75) is 6.42 Å². The fourth-order valence-electron chi connectivity index (χ4n) is 1.57. The van der Waals surface area contributed by atoms with Gasteiger partial charge in [0.05, 0.1) is 12.1 Å². The fourth-order valence-corrected chi connectivity index (χ4v) is 1.57. The van der Waals surface area contributed by atoms with Crippen LogP contribution in [-0.2, 0) is 4.79 Å². The molecule has 6 heteroatoms. The first kappa shape index (κ1) is 12.1. The average Bonchev–Trinajstić information content (AvgIpc) is 2.40. The van der Waals surface area contributed by atoms with Crippen LogP contribution in [0.2, 0.25) is 0 Å². The third kappa shape index (κ3) is 2.32. The van der Waals surface area contributed by atoms with E-state index in [9.17, 15) is 9.59 Å². The van der Waals surface area contributed by atoms with E-state index in [-0.39, 0.29) is 18.4 Å².